The summed E-state index contributed by atoms with van der Waals surface area (Å²) >= 11 is 0. The number of hydrogen-bond acceptors (Lipinski definition) is 3. The van der Waals surface area contributed by atoms with Crippen LogP contribution in [0.2, 0.25) is 0 Å². The fraction of sp³-hybridized carbons (Fsp3) is 0.923. The van der Waals surface area contributed by atoms with Crippen molar-refractivity contribution in [2.24, 2.45) is 5.92 Å². The molecule has 3 nitrogen and oxygen atoms in total. The summed E-state index contributed by atoms with van der Waals surface area (Å²) in [4.78, 5) is 14.0. The second-order valence-electron chi connectivity index (χ2n) is 5.62. The lowest BCUT2D eigenvalue weighted by atomic mass is 9.89. The van der Waals surface area contributed by atoms with Crippen LogP contribution in [0, 0.1) is 5.92 Å². The van der Waals surface area contributed by atoms with Crippen LogP contribution >= 0.6 is 0 Å². The summed E-state index contributed by atoms with van der Waals surface area (Å²) in [6.07, 6.45) is 3.04. The molecule has 16 heavy (non-hydrogen) atoms. The van der Waals surface area contributed by atoms with Gasteiger partial charge >= 0.3 is 0 Å². The molecule has 0 N–H and O–H groups in total. The Morgan fingerprint density at radius 3 is 2.88 bits per heavy atom. The van der Waals surface area contributed by atoms with Crippen LogP contribution in [0.3, 0.4) is 0 Å². The molecule has 0 aromatic heterocycles. The summed E-state index contributed by atoms with van der Waals surface area (Å²) in [7, 11) is 0. The number of piperidine rings is 1. The average Bonchev–Trinajstić information content (AvgIpc) is 2.67. The molecule has 2 aliphatic heterocycles. The van der Waals surface area contributed by atoms with Crippen LogP contribution in [-0.4, -0.2) is 42.0 Å². The van der Waals surface area contributed by atoms with Gasteiger partial charge in [0, 0.05) is 38.1 Å². The number of hydrogen-bond donors (Lipinski definition) is 0. The lowest BCUT2D eigenvalue weighted by Gasteiger charge is -2.41. The second kappa shape index (κ2) is 4.46. The summed E-state index contributed by atoms with van der Waals surface area (Å²) in [5.41, 5.74) is 0.0222. The molecule has 3 atom stereocenters. The van der Waals surface area contributed by atoms with Crippen LogP contribution in [0.15, 0.2) is 0 Å². The minimum absolute atomic E-state index is 0.0222. The first-order valence-corrected chi connectivity index (χ1v) is 6.42. The Morgan fingerprint density at radius 1 is 1.50 bits per heavy atom. The Morgan fingerprint density at radius 2 is 2.25 bits per heavy atom. The highest BCUT2D eigenvalue weighted by molar-refractivity contribution is 5.82. The first-order chi connectivity index (χ1) is 7.52. The van der Waals surface area contributed by atoms with Crippen LogP contribution in [0.5, 0.6) is 0 Å². The lowest BCUT2D eigenvalue weighted by Crippen LogP contribution is -2.52. The third-order valence-corrected chi connectivity index (χ3v) is 4.29. The van der Waals surface area contributed by atoms with Crippen molar-refractivity contribution < 1.29 is 9.53 Å². The molecule has 2 fully saturated rings. The maximum absolute atomic E-state index is 11.6. The molecule has 3 heteroatoms. The molecule has 2 heterocycles. The monoisotopic (exact) mass is 225 g/mol. The Hall–Kier alpha value is -0.410. The first-order valence-electron chi connectivity index (χ1n) is 6.42. The number of carbonyl (C=O) groups is 1. The van der Waals surface area contributed by atoms with Crippen molar-refractivity contribution in [2.75, 3.05) is 19.7 Å². The van der Waals surface area contributed by atoms with E-state index in [4.69, 9.17) is 4.74 Å². The van der Waals surface area contributed by atoms with Gasteiger partial charge in [0.25, 0.3) is 0 Å². The zero-order valence-corrected chi connectivity index (χ0v) is 10.7. The number of nitrogens with zero attached hydrogens (tertiary/aromatic N) is 1. The quantitative estimate of drug-likeness (QED) is 0.718. The molecular weight excluding hydrogens is 202 g/mol. The molecular formula is C13H23NO2. The number of Topliss-reactive ketones (excluding diaryl/α,β-unsaturated/α-hetero) is 1. The predicted octanol–water partition coefficient (Wildman–Crippen LogP) is 1.85. The average molecular weight is 225 g/mol. The van der Waals surface area contributed by atoms with Crippen LogP contribution < -0.4 is 0 Å². The van der Waals surface area contributed by atoms with Crippen molar-refractivity contribution in [3.05, 3.63) is 0 Å². The fourth-order valence-corrected chi connectivity index (χ4v) is 2.88. The molecule has 0 aromatic carbocycles. The summed E-state index contributed by atoms with van der Waals surface area (Å²) < 4.78 is 5.83. The van der Waals surface area contributed by atoms with E-state index in [0.29, 0.717) is 18.2 Å². The molecule has 0 amide bonds. The van der Waals surface area contributed by atoms with Gasteiger partial charge in [-0.2, -0.15) is 0 Å². The van der Waals surface area contributed by atoms with Gasteiger partial charge in [0.2, 0.25) is 0 Å². The third-order valence-electron chi connectivity index (χ3n) is 4.29. The number of likely N-dealkylation sites (tertiary alicyclic amines) is 1. The van der Waals surface area contributed by atoms with Crippen molar-refractivity contribution in [3.8, 4) is 0 Å². The minimum Gasteiger partial charge on any atom is -0.374 e. The molecule has 0 aromatic rings. The topological polar surface area (TPSA) is 29.5 Å². The largest absolute Gasteiger partial charge is 0.374 e. The molecule has 0 saturated carbocycles. The van der Waals surface area contributed by atoms with Gasteiger partial charge < -0.3 is 4.74 Å². The van der Waals surface area contributed by atoms with Gasteiger partial charge in [0.05, 0.1) is 5.60 Å². The summed E-state index contributed by atoms with van der Waals surface area (Å²) in [6.45, 7) is 9.20. The van der Waals surface area contributed by atoms with Crippen LogP contribution in [0.4, 0.5) is 0 Å². The molecule has 0 spiro atoms. The number of rotatable bonds is 2. The lowest BCUT2D eigenvalue weighted by molar-refractivity contribution is -0.129. The maximum atomic E-state index is 11.6. The van der Waals surface area contributed by atoms with Crippen molar-refractivity contribution in [1.82, 2.24) is 4.90 Å². The fourth-order valence-electron chi connectivity index (χ4n) is 2.88. The van der Waals surface area contributed by atoms with Crippen molar-refractivity contribution in [1.29, 1.82) is 0 Å². The van der Waals surface area contributed by atoms with Crippen LogP contribution in [0.1, 0.15) is 40.0 Å². The van der Waals surface area contributed by atoms with Gasteiger partial charge in [0.1, 0.15) is 5.78 Å². The van der Waals surface area contributed by atoms with E-state index in [1.54, 1.807) is 0 Å². The van der Waals surface area contributed by atoms with Crippen LogP contribution in [-0.2, 0) is 9.53 Å². The predicted molar refractivity (Wildman–Crippen MR) is 63.4 cm³/mol. The molecule has 3 unspecified atom stereocenters. The van der Waals surface area contributed by atoms with E-state index in [2.05, 4.69) is 25.7 Å². The Balaban J connectivity index is 1.97. The highest BCUT2D eigenvalue weighted by Crippen LogP contribution is 2.29. The highest BCUT2D eigenvalue weighted by Gasteiger charge is 2.37. The van der Waals surface area contributed by atoms with Gasteiger partial charge in [-0.05, 0) is 26.7 Å². The molecule has 2 rings (SSSR count). The normalized spacial score (nSPS) is 41.6. The van der Waals surface area contributed by atoms with E-state index in [0.717, 1.165) is 26.1 Å². The Labute approximate surface area is 98.1 Å². The standard InChI is InChI=1S/C13H23NO2/c1-10-11(2)14(7-5-12(10)15)9-13(3)6-4-8-16-13/h10-11H,4-9H2,1-3H3. The number of ether oxygens (including phenoxy) is 1. The van der Waals surface area contributed by atoms with Crippen LogP contribution in [0.25, 0.3) is 0 Å². The molecule has 0 aliphatic carbocycles. The zero-order valence-electron chi connectivity index (χ0n) is 10.7. The van der Waals surface area contributed by atoms with Gasteiger partial charge in [-0.25, -0.2) is 0 Å². The van der Waals surface area contributed by atoms with Gasteiger partial charge in [-0.15, -0.1) is 0 Å². The smallest absolute Gasteiger partial charge is 0.138 e. The maximum Gasteiger partial charge on any atom is 0.138 e. The number of ketones is 1. The summed E-state index contributed by atoms with van der Waals surface area (Å²) in [6, 6.07) is 0.363. The van der Waals surface area contributed by atoms with Gasteiger partial charge in [-0.3, -0.25) is 9.69 Å². The molecule has 92 valence electrons. The zero-order chi connectivity index (χ0) is 11.8. The van der Waals surface area contributed by atoms with E-state index >= 15 is 0 Å². The number of carbonyl (C=O) groups excluding carboxylic acids is 1. The highest BCUT2D eigenvalue weighted by atomic mass is 16.5. The van der Waals surface area contributed by atoms with Crippen molar-refractivity contribution in [3.63, 3.8) is 0 Å². The second-order valence-corrected chi connectivity index (χ2v) is 5.62. The van der Waals surface area contributed by atoms with Gasteiger partial charge in [-0.1, -0.05) is 6.92 Å². The van der Waals surface area contributed by atoms with E-state index in [1.807, 2.05) is 0 Å². The molecule has 2 aliphatic rings. The van der Waals surface area contributed by atoms with E-state index in [1.165, 1.54) is 6.42 Å². The van der Waals surface area contributed by atoms with E-state index in [9.17, 15) is 4.79 Å². The van der Waals surface area contributed by atoms with E-state index in [-0.39, 0.29) is 11.5 Å². The van der Waals surface area contributed by atoms with Crippen molar-refractivity contribution >= 4 is 5.78 Å². The molecule has 0 bridgehead atoms. The SMILES string of the molecule is CC1C(=O)CCN(CC2(C)CCCO2)C1C. The summed E-state index contributed by atoms with van der Waals surface area (Å²) in [5.74, 6) is 0.597. The Bertz CT molecular complexity index is 271. The molecule has 2 saturated heterocycles. The first kappa shape index (κ1) is 12.1. The van der Waals surface area contributed by atoms with Crippen molar-refractivity contribution in [2.45, 2.75) is 51.7 Å². The van der Waals surface area contributed by atoms with E-state index < -0.39 is 0 Å². The molecule has 0 radical (unpaired) electrons. The minimum atomic E-state index is 0.0222. The third kappa shape index (κ3) is 2.30. The summed E-state index contributed by atoms with van der Waals surface area (Å²) in [5, 5.41) is 0. The Kier molecular flexibility index (Phi) is 3.36. The van der Waals surface area contributed by atoms with Gasteiger partial charge in [0.15, 0.2) is 0 Å².